The lowest BCUT2D eigenvalue weighted by atomic mass is 10.1. The topological polar surface area (TPSA) is 20.3 Å². The van der Waals surface area contributed by atoms with E-state index in [1.54, 1.807) is 11.3 Å². The number of fused-ring (bicyclic) bond motifs is 1. The maximum absolute atomic E-state index is 11.7. The van der Waals surface area contributed by atoms with Gasteiger partial charge in [0.25, 0.3) is 0 Å². The van der Waals surface area contributed by atoms with Crippen LogP contribution in [0, 0.1) is 0 Å². The number of thiol groups is 1. The predicted octanol–water partition coefficient (Wildman–Crippen LogP) is 2.97. The van der Waals surface area contributed by atoms with Gasteiger partial charge >= 0.3 is 0 Å². The van der Waals surface area contributed by atoms with Crippen molar-refractivity contribution < 1.29 is 4.79 Å². The van der Waals surface area contributed by atoms with E-state index in [0.29, 0.717) is 6.42 Å². The molecule has 0 saturated carbocycles. The van der Waals surface area contributed by atoms with Gasteiger partial charge in [-0.2, -0.15) is 12.6 Å². The summed E-state index contributed by atoms with van der Waals surface area (Å²) in [6.07, 6.45) is 1.53. The van der Waals surface area contributed by atoms with Gasteiger partial charge in [0.2, 0.25) is 5.91 Å². The second-order valence-corrected chi connectivity index (χ2v) is 6.35. The third-order valence-electron chi connectivity index (χ3n) is 3.41. The number of amides is 1. The molecule has 2 heterocycles. The van der Waals surface area contributed by atoms with E-state index < -0.39 is 0 Å². The zero-order chi connectivity index (χ0) is 12.5. The van der Waals surface area contributed by atoms with Crippen molar-refractivity contribution in [2.24, 2.45) is 0 Å². The molecule has 2 aromatic rings. The van der Waals surface area contributed by atoms with Crippen LogP contribution < -0.4 is 0 Å². The largest absolute Gasteiger partial charge is 0.341 e. The minimum atomic E-state index is 0.219. The van der Waals surface area contributed by atoms with Crippen molar-refractivity contribution in [2.75, 3.05) is 13.1 Å². The van der Waals surface area contributed by atoms with Crippen LogP contribution >= 0.6 is 24.0 Å². The number of rotatable bonds is 3. The van der Waals surface area contributed by atoms with Gasteiger partial charge in [-0.1, -0.05) is 18.2 Å². The molecule has 3 rings (SSSR count). The third kappa shape index (κ3) is 2.27. The summed E-state index contributed by atoms with van der Waals surface area (Å²) in [5, 5.41) is 3.76. The van der Waals surface area contributed by atoms with Crippen molar-refractivity contribution in [1.82, 2.24) is 4.90 Å². The fourth-order valence-electron chi connectivity index (χ4n) is 2.45. The van der Waals surface area contributed by atoms with Crippen molar-refractivity contribution in [2.45, 2.75) is 18.1 Å². The monoisotopic (exact) mass is 277 g/mol. The second kappa shape index (κ2) is 4.94. The molecule has 1 amide bonds. The molecule has 1 aromatic heterocycles. The Kier molecular flexibility index (Phi) is 3.31. The Morgan fingerprint density at radius 3 is 3.00 bits per heavy atom. The first-order valence-electron chi connectivity index (χ1n) is 6.15. The third-order valence-corrected chi connectivity index (χ3v) is 4.76. The molecule has 0 aliphatic carbocycles. The van der Waals surface area contributed by atoms with E-state index in [4.69, 9.17) is 0 Å². The van der Waals surface area contributed by atoms with Crippen LogP contribution in [0.4, 0.5) is 0 Å². The molecule has 1 aliphatic heterocycles. The molecule has 1 saturated heterocycles. The molecule has 0 spiro atoms. The molecular formula is C14H15NOS2. The Morgan fingerprint density at radius 1 is 1.39 bits per heavy atom. The summed E-state index contributed by atoms with van der Waals surface area (Å²) in [4.78, 5) is 13.6. The number of likely N-dealkylation sites (tertiary alicyclic amines) is 1. The molecule has 0 N–H and O–H groups in total. The van der Waals surface area contributed by atoms with Gasteiger partial charge in [0.15, 0.2) is 0 Å². The quantitative estimate of drug-likeness (QED) is 0.855. The minimum absolute atomic E-state index is 0.219. The number of benzene rings is 1. The van der Waals surface area contributed by atoms with E-state index in [-0.39, 0.29) is 11.2 Å². The number of hydrogen-bond donors (Lipinski definition) is 1. The molecule has 2 nitrogen and oxygen atoms in total. The summed E-state index contributed by atoms with van der Waals surface area (Å²) in [6, 6.07) is 8.45. The lowest BCUT2D eigenvalue weighted by Crippen LogP contribution is -2.27. The van der Waals surface area contributed by atoms with Gasteiger partial charge in [0.1, 0.15) is 0 Å². The SMILES string of the molecule is O=C1CC(S)CN1CCc1csc2ccccc12. The average molecular weight is 277 g/mol. The van der Waals surface area contributed by atoms with E-state index in [0.717, 1.165) is 19.5 Å². The Bertz CT molecular complexity index is 578. The van der Waals surface area contributed by atoms with Crippen molar-refractivity contribution in [3.8, 4) is 0 Å². The molecule has 1 aliphatic rings. The highest BCUT2D eigenvalue weighted by Crippen LogP contribution is 2.26. The van der Waals surface area contributed by atoms with Crippen LogP contribution in [0.25, 0.3) is 10.1 Å². The van der Waals surface area contributed by atoms with Gasteiger partial charge in [0.05, 0.1) is 0 Å². The number of hydrogen-bond acceptors (Lipinski definition) is 3. The van der Waals surface area contributed by atoms with Gasteiger partial charge in [-0.25, -0.2) is 0 Å². The molecule has 0 radical (unpaired) electrons. The van der Waals surface area contributed by atoms with Gasteiger partial charge in [0, 0.05) is 29.5 Å². The van der Waals surface area contributed by atoms with Crippen LogP contribution in [-0.2, 0) is 11.2 Å². The van der Waals surface area contributed by atoms with Crippen LogP contribution in [0.15, 0.2) is 29.6 Å². The van der Waals surface area contributed by atoms with Crippen LogP contribution in [-0.4, -0.2) is 29.1 Å². The summed E-state index contributed by atoms with van der Waals surface area (Å²) < 4.78 is 1.33. The fraction of sp³-hybridized carbons (Fsp3) is 0.357. The Balaban J connectivity index is 1.72. The van der Waals surface area contributed by atoms with Crippen molar-refractivity contribution in [3.63, 3.8) is 0 Å². The first-order chi connectivity index (χ1) is 8.74. The molecule has 0 bridgehead atoms. The highest BCUT2D eigenvalue weighted by atomic mass is 32.1. The van der Waals surface area contributed by atoms with Crippen molar-refractivity contribution in [3.05, 3.63) is 35.2 Å². The highest BCUT2D eigenvalue weighted by Gasteiger charge is 2.26. The van der Waals surface area contributed by atoms with E-state index >= 15 is 0 Å². The van der Waals surface area contributed by atoms with Gasteiger partial charge in [-0.05, 0) is 28.8 Å². The molecule has 1 atom stereocenters. The van der Waals surface area contributed by atoms with Crippen molar-refractivity contribution in [1.29, 1.82) is 0 Å². The van der Waals surface area contributed by atoms with Crippen LogP contribution in [0.2, 0.25) is 0 Å². The summed E-state index contributed by atoms with van der Waals surface area (Å²) in [7, 11) is 0. The normalized spacial score (nSPS) is 19.9. The Labute approximate surface area is 116 Å². The standard InChI is InChI=1S/C14H15NOS2/c16-14-7-11(17)8-15(14)6-5-10-9-18-13-4-2-1-3-12(10)13/h1-4,9,11,17H,5-8H2. The van der Waals surface area contributed by atoms with Crippen molar-refractivity contribution >= 4 is 40.0 Å². The molecule has 4 heteroatoms. The molecular weight excluding hydrogens is 262 g/mol. The number of carbonyl (C=O) groups excluding carboxylic acids is 1. The maximum Gasteiger partial charge on any atom is 0.223 e. The average Bonchev–Trinajstić information content (AvgIpc) is 2.90. The summed E-state index contributed by atoms with van der Waals surface area (Å²) in [6.45, 7) is 1.61. The van der Waals surface area contributed by atoms with Gasteiger partial charge in [-0.3, -0.25) is 4.79 Å². The second-order valence-electron chi connectivity index (χ2n) is 4.70. The molecule has 1 fully saturated rings. The molecule has 18 heavy (non-hydrogen) atoms. The highest BCUT2D eigenvalue weighted by molar-refractivity contribution is 7.81. The first kappa shape index (κ1) is 12.1. The van der Waals surface area contributed by atoms with E-state index in [1.807, 2.05) is 4.90 Å². The maximum atomic E-state index is 11.7. The Hall–Kier alpha value is -1.00. The lowest BCUT2D eigenvalue weighted by Gasteiger charge is -2.15. The smallest absolute Gasteiger partial charge is 0.223 e. The number of carbonyl (C=O) groups is 1. The van der Waals surface area contributed by atoms with E-state index in [9.17, 15) is 4.79 Å². The van der Waals surface area contributed by atoms with Crippen LogP contribution in [0.5, 0.6) is 0 Å². The van der Waals surface area contributed by atoms with E-state index in [1.165, 1.54) is 15.6 Å². The summed E-state index contributed by atoms with van der Waals surface area (Å²) >= 11 is 6.16. The molecule has 1 unspecified atom stereocenters. The zero-order valence-corrected chi connectivity index (χ0v) is 11.7. The minimum Gasteiger partial charge on any atom is -0.341 e. The van der Waals surface area contributed by atoms with Gasteiger partial charge in [-0.15, -0.1) is 11.3 Å². The van der Waals surface area contributed by atoms with Crippen LogP contribution in [0.1, 0.15) is 12.0 Å². The van der Waals surface area contributed by atoms with Gasteiger partial charge < -0.3 is 4.90 Å². The fourth-order valence-corrected chi connectivity index (χ4v) is 3.80. The molecule has 94 valence electrons. The van der Waals surface area contributed by atoms with Crippen LogP contribution in [0.3, 0.4) is 0 Å². The Morgan fingerprint density at radius 2 is 2.22 bits per heavy atom. The predicted molar refractivity (Wildman–Crippen MR) is 79.5 cm³/mol. The first-order valence-corrected chi connectivity index (χ1v) is 7.54. The lowest BCUT2D eigenvalue weighted by molar-refractivity contribution is -0.127. The number of nitrogens with zero attached hydrogens (tertiary/aromatic N) is 1. The molecule has 1 aromatic carbocycles. The summed E-state index contributed by atoms with van der Waals surface area (Å²) in [5.74, 6) is 0.245. The zero-order valence-electron chi connectivity index (χ0n) is 10.0. The van der Waals surface area contributed by atoms with E-state index in [2.05, 4.69) is 42.3 Å². The summed E-state index contributed by atoms with van der Waals surface area (Å²) in [5.41, 5.74) is 1.35. The number of thiophene rings is 1.